The van der Waals surface area contributed by atoms with E-state index in [1.165, 1.54) is 59.7 Å². The maximum absolute atomic E-state index is 4.07. The molecule has 3 heteroatoms. The van der Waals surface area contributed by atoms with Gasteiger partial charge in [-0.05, 0) is 115 Å². The molecule has 1 aromatic heterocycles. The minimum atomic E-state index is -0.164. The molecule has 0 saturated heterocycles. The normalized spacial score (nSPS) is 11.8. The van der Waals surface area contributed by atoms with Gasteiger partial charge in [0.1, 0.15) is 0 Å². The van der Waals surface area contributed by atoms with Gasteiger partial charge in [0.25, 0.3) is 0 Å². The minimum Gasteiger partial charge on any atom is -0.354 e. The maximum atomic E-state index is 4.07. The predicted molar refractivity (Wildman–Crippen MR) is 287 cm³/mol. The van der Waals surface area contributed by atoms with Gasteiger partial charge < -0.3 is 14.8 Å². The summed E-state index contributed by atoms with van der Waals surface area (Å²) in [4.78, 5) is 2.46. The van der Waals surface area contributed by atoms with Gasteiger partial charge in [-0.2, -0.15) is 0 Å². The van der Waals surface area contributed by atoms with E-state index in [0.29, 0.717) is 0 Å². The van der Waals surface area contributed by atoms with E-state index in [1.54, 1.807) is 0 Å². The summed E-state index contributed by atoms with van der Waals surface area (Å²) in [6.45, 7) is 6.93. The van der Waals surface area contributed by atoms with Crippen LogP contribution in [-0.2, 0) is 5.41 Å². The molecule has 0 radical (unpaired) electrons. The fourth-order valence-electron chi connectivity index (χ4n) is 10.2. The Hall–Kier alpha value is -8.40. The molecule has 0 spiro atoms. The number of hydrogen-bond donors (Lipinski definition) is 1. The third-order valence-electron chi connectivity index (χ3n) is 13.5. The number of fused-ring (bicyclic) bond motifs is 9. The van der Waals surface area contributed by atoms with Crippen LogP contribution in [0.2, 0.25) is 0 Å². The molecular formula is C64H49N3. The molecule has 0 unspecified atom stereocenters. The first-order valence-corrected chi connectivity index (χ1v) is 23.3. The van der Waals surface area contributed by atoms with E-state index in [1.807, 2.05) is 0 Å². The molecule has 0 aliphatic carbocycles. The third kappa shape index (κ3) is 7.08. The predicted octanol–water partition coefficient (Wildman–Crippen LogP) is 18.1. The standard InChI is InChI=1S/C64H49N3/c1-64(2,3)45-38-46(65-63-51(43-20-6-4-7-21-43)32-19-33-52(63)44-22-8-5-9-23-44)40-50(39-45)66(49-36-37-57-55-28-11-10-26-53(55)54-27-12-13-29-56(54)60(57)42-49)47-24-18-25-48(41-47)67-61-34-16-14-30-58(61)59-31-15-17-35-62(59)67/h4-42,65H,1-3H3. The summed E-state index contributed by atoms with van der Waals surface area (Å²) in [6, 6.07) is 86.4. The van der Waals surface area contributed by atoms with Crippen LogP contribution in [0.25, 0.3) is 82.1 Å². The summed E-state index contributed by atoms with van der Waals surface area (Å²) < 4.78 is 2.41. The van der Waals surface area contributed by atoms with Gasteiger partial charge in [0.05, 0.1) is 16.7 Å². The monoisotopic (exact) mass is 859 g/mol. The molecule has 320 valence electrons. The number of para-hydroxylation sites is 3. The van der Waals surface area contributed by atoms with Gasteiger partial charge in [-0.1, -0.05) is 197 Å². The van der Waals surface area contributed by atoms with Crippen LogP contribution in [0.4, 0.5) is 28.4 Å². The lowest BCUT2D eigenvalue weighted by Crippen LogP contribution is -2.15. The number of hydrogen-bond acceptors (Lipinski definition) is 2. The van der Waals surface area contributed by atoms with Crippen molar-refractivity contribution in [1.29, 1.82) is 0 Å². The van der Waals surface area contributed by atoms with Crippen LogP contribution in [-0.4, -0.2) is 4.57 Å². The molecule has 0 fully saturated rings. The molecule has 0 atom stereocenters. The average molecular weight is 860 g/mol. The van der Waals surface area contributed by atoms with E-state index in [-0.39, 0.29) is 5.41 Å². The molecule has 11 aromatic carbocycles. The lowest BCUT2D eigenvalue weighted by molar-refractivity contribution is 0.590. The molecule has 67 heavy (non-hydrogen) atoms. The topological polar surface area (TPSA) is 20.2 Å². The van der Waals surface area contributed by atoms with Gasteiger partial charge in [-0.25, -0.2) is 0 Å². The number of nitrogens with zero attached hydrogens (tertiary/aromatic N) is 2. The van der Waals surface area contributed by atoms with Crippen LogP contribution in [0.15, 0.2) is 237 Å². The maximum Gasteiger partial charge on any atom is 0.0543 e. The molecule has 0 saturated carbocycles. The lowest BCUT2D eigenvalue weighted by Gasteiger charge is -2.30. The molecule has 0 aliphatic rings. The number of benzene rings is 11. The highest BCUT2D eigenvalue weighted by molar-refractivity contribution is 6.26. The fourth-order valence-corrected chi connectivity index (χ4v) is 10.2. The quantitative estimate of drug-likeness (QED) is 0.154. The summed E-state index contributed by atoms with van der Waals surface area (Å²) in [5.41, 5.74) is 14.5. The van der Waals surface area contributed by atoms with Crippen molar-refractivity contribution in [3.63, 3.8) is 0 Å². The summed E-state index contributed by atoms with van der Waals surface area (Å²) in [5.74, 6) is 0. The molecule has 12 rings (SSSR count). The Labute approximate surface area is 391 Å². The van der Waals surface area contributed by atoms with E-state index < -0.39 is 0 Å². The second-order valence-corrected chi connectivity index (χ2v) is 18.6. The van der Waals surface area contributed by atoms with Gasteiger partial charge >= 0.3 is 0 Å². The zero-order chi connectivity index (χ0) is 45.1. The second-order valence-electron chi connectivity index (χ2n) is 18.6. The molecule has 0 bridgehead atoms. The highest BCUT2D eigenvalue weighted by atomic mass is 15.1. The van der Waals surface area contributed by atoms with Crippen LogP contribution >= 0.6 is 0 Å². The zero-order valence-electron chi connectivity index (χ0n) is 37.9. The van der Waals surface area contributed by atoms with Crippen molar-refractivity contribution < 1.29 is 0 Å². The van der Waals surface area contributed by atoms with E-state index in [9.17, 15) is 0 Å². The third-order valence-corrected chi connectivity index (χ3v) is 13.5. The van der Waals surface area contributed by atoms with Crippen molar-refractivity contribution in [3.05, 3.63) is 242 Å². The number of rotatable bonds is 8. The number of anilines is 5. The Morgan fingerprint density at radius 1 is 0.358 bits per heavy atom. The Morgan fingerprint density at radius 3 is 1.40 bits per heavy atom. The Balaban J connectivity index is 1.11. The van der Waals surface area contributed by atoms with Crippen molar-refractivity contribution in [2.45, 2.75) is 26.2 Å². The Kier molecular flexibility index (Phi) is 9.73. The zero-order valence-corrected chi connectivity index (χ0v) is 37.9. The van der Waals surface area contributed by atoms with Gasteiger partial charge in [-0.15, -0.1) is 0 Å². The molecule has 0 amide bonds. The van der Waals surface area contributed by atoms with Crippen molar-refractivity contribution in [2.24, 2.45) is 0 Å². The van der Waals surface area contributed by atoms with Crippen LogP contribution in [0.3, 0.4) is 0 Å². The number of aromatic nitrogens is 1. The molecule has 1 N–H and O–H groups in total. The molecule has 0 aliphatic heterocycles. The molecule has 12 aromatic rings. The SMILES string of the molecule is CC(C)(C)c1cc(Nc2c(-c3ccccc3)cccc2-c2ccccc2)cc(N(c2cccc(-n3c4ccccc4c4ccccc43)c2)c2ccc3c4ccccc4c4ccccc4c3c2)c1. The van der Waals surface area contributed by atoms with Gasteiger partial charge in [0, 0.05) is 50.3 Å². The summed E-state index contributed by atoms with van der Waals surface area (Å²) >= 11 is 0. The van der Waals surface area contributed by atoms with E-state index in [2.05, 4.69) is 272 Å². The first kappa shape index (κ1) is 40.1. The summed E-state index contributed by atoms with van der Waals surface area (Å²) in [6.07, 6.45) is 0. The van der Waals surface area contributed by atoms with Crippen LogP contribution < -0.4 is 10.2 Å². The van der Waals surface area contributed by atoms with E-state index >= 15 is 0 Å². The fraction of sp³-hybridized carbons (Fsp3) is 0.0625. The van der Waals surface area contributed by atoms with Gasteiger partial charge in [-0.3, -0.25) is 0 Å². The van der Waals surface area contributed by atoms with Crippen molar-refractivity contribution in [1.82, 2.24) is 4.57 Å². The summed E-state index contributed by atoms with van der Waals surface area (Å²) in [7, 11) is 0. The smallest absolute Gasteiger partial charge is 0.0543 e. The Morgan fingerprint density at radius 2 is 0.836 bits per heavy atom. The molecule has 1 heterocycles. The van der Waals surface area contributed by atoms with Gasteiger partial charge in [0.15, 0.2) is 0 Å². The van der Waals surface area contributed by atoms with Gasteiger partial charge in [0.2, 0.25) is 0 Å². The lowest BCUT2D eigenvalue weighted by atomic mass is 9.86. The van der Waals surface area contributed by atoms with Crippen molar-refractivity contribution in [2.75, 3.05) is 10.2 Å². The summed E-state index contributed by atoms with van der Waals surface area (Å²) in [5, 5.41) is 14.1. The van der Waals surface area contributed by atoms with Crippen molar-refractivity contribution >= 4 is 82.6 Å². The first-order chi connectivity index (χ1) is 32.9. The largest absolute Gasteiger partial charge is 0.354 e. The Bertz CT molecular complexity index is 3670. The highest BCUT2D eigenvalue weighted by Gasteiger charge is 2.23. The van der Waals surface area contributed by atoms with Crippen LogP contribution in [0, 0.1) is 0 Å². The average Bonchev–Trinajstić information content (AvgIpc) is 3.71. The van der Waals surface area contributed by atoms with E-state index in [4.69, 9.17) is 0 Å². The van der Waals surface area contributed by atoms with Crippen molar-refractivity contribution in [3.8, 4) is 27.9 Å². The second kappa shape index (κ2) is 16.2. The minimum absolute atomic E-state index is 0.164. The molecule has 3 nitrogen and oxygen atoms in total. The highest BCUT2D eigenvalue weighted by Crippen LogP contribution is 2.45. The van der Waals surface area contributed by atoms with Crippen LogP contribution in [0.5, 0.6) is 0 Å². The molecular weight excluding hydrogens is 811 g/mol. The number of nitrogens with one attached hydrogen (secondary N) is 1. The first-order valence-electron chi connectivity index (χ1n) is 23.3. The van der Waals surface area contributed by atoms with Crippen LogP contribution in [0.1, 0.15) is 26.3 Å². The van der Waals surface area contributed by atoms with E-state index in [0.717, 1.165) is 56.4 Å².